The molecule has 0 spiro atoms. The number of aliphatic hydroxyl groups is 1. The molecule has 2 atom stereocenters. The molecule has 2 N–H and O–H groups in total. The number of fused-ring (bicyclic) bond motifs is 5. The number of pyridine rings is 2. The lowest BCUT2D eigenvalue weighted by molar-refractivity contribution is -0.172. The van der Waals surface area contributed by atoms with Gasteiger partial charge in [0.2, 0.25) is 5.91 Å². The average Bonchev–Trinajstić information content (AvgIpc) is 3.23. The van der Waals surface area contributed by atoms with Gasteiger partial charge in [0.25, 0.3) is 5.56 Å². The van der Waals surface area contributed by atoms with E-state index in [1.807, 2.05) is 20.8 Å². The molecule has 1 aliphatic carbocycles. The van der Waals surface area contributed by atoms with E-state index >= 15 is 0 Å². The molecule has 2 aromatic heterocycles. The van der Waals surface area contributed by atoms with E-state index in [0.29, 0.717) is 47.1 Å². The number of carbonyl (C=O) groups is 2. The molecule has 1 amide bonds. The maximum Gasteiger partial charge on any atom is 0.343 e. The van der Waals surface area contributed by atoms with E-state index in [4.69, 9.17) is 21.3 Å². The third-order valence-corrected chi connectivity index (χ3v) is 8.48. The highest BCUT2D eigenvalue weighted by Crippen LogP contribution is 2.46. The highest BCUT2D eigenvalue weighted by Gasteiger charge is 2.46. The van der Waals surface area contributed by atoms with Crippen LogP contribution >= 0.6 is 11.6 Å². The molecule has 3 aliphatic rings. The molecule has 6 rings (SSSR count). The van der Waals surface area contributed by atoms with Crippen LogP contribution in [0.2, 0.25) is 5.02 Å². The van der Waals surface area contributed by atoms with Gasteiger partial charge in [-0.3, -0.25) is 9.59 Å². The summed E-state index contributed by atoms with van der Waals surface area (Å²) >= 11 is 6.41. The number of ether oxygens (including phenoxy) is 1. The lowest BCUT2D eigenvalue weighted by atomic mass is 9.82. The SMILES string of the molecule is CC[C@@]1(O)C(=O)OCc2c1cc1n(c2=O)Cc2c-1nc1cc(F)c(Cl)c3c1c2[C@@H](NC(=O)CC(C)(C)C)CC3. The Labute approximate surface area is 229 Å². The van der Waals surface area contributed by atoms with Crippen molar-refractivity contribution in [2.45, 2.75) is 78.2 Å². The van der Waals surface area contributed by atoms with E-state index in [1.54, 1.807) is 17.6 Å². The number of nitrogens with zero attached hydrogens (tertiary/aromatic N) is 2. The normalized spacial score (nSPS) is 21.3. The Morgan fingerprint density at radius 1 is 1.28 bits per heavy atom. The van der Waals surface area contributed by atoms with Gasteiger partial charge in [-0.15, -0.1) is 0 Å². The third kappa shape index (κ3) is 3.81. The number of hydrogen-bond acceptors (Lipinski definition) is 6. The van der Waals surface area contributed by atoms with Crippen molar-refractivity contribution in [2.75, 3.05) is 0 Å². The Hall–Kier alpha value is -3.30. The first-order valence-corrected chi connectivity index (χ1v) is 13.5. The maximum absolute atomic E-state index is 14.9. The molecule has 0 radical (unpaired) electrons. The van der Waals surface area contributed by atoms with Gasteiger partial charge in [-0.2, -0.15) is 0 Å². The summed E-state index contributed by atoms with van der Waals surface area (Å²) in [6, 6.07) is 2.52. The van der Waals surface area contributed by atoms with E-state index in [2.05, 4.69) is 5.32 Å². The van der Waals surface area contributed by atoms with Gasteiger partial charge in [-0.25, -0.2) is 14.2 Å². The summed E-state index contributed by atoms with van der Waals surface area (Å²) in [7, 11) is 0. The Morgan fingerprint density at radius 3 is 2.72 bits per heavy atom. The number of aromatic nitrogens is 2. The molecule has 2 aliphatic heterocycles. The van der Waals surface area contributed by atoms with Gasteiger partial charge in [-0.05, 0) is 41.9 Å². The minimum Gasteiger partial charge on any atom is -0.458 e. The first-order valence-electron chi connectivity index (χ1n) is 13.1. The molecule has 0 unspecified atom stereocenters. The summed E-state index contributed by atoms with van der Waals surface area (Å²) < 4.78 is 21.6. The summed E-state index contributed by atoms with van der Waals surface area (Å²) in [5.74, 6) is -1.49. The maximum atomic E-state index is 14.9. The van der Waals surface area contributed by atoms with Crippen molar-refractivity contribution < 1.29 is 23.8 Å². The van der Waals surface area contributed by atoms with E-state index in [0.717, 1.165) is 11.1 Å². The Morgan fingerprint density at radius 2 is 2.03 bits per heavy atom. The molecule has 0 saturated heterocycles. The monoisotopic (exact) mass is 553 g/mol. The van der Waals surface area contributed by atoms with Crippen LogP contribution in [0, 0.1) is 11.2 Å². The molecule has 39 heavy (non-hydrogen) atoms. The zero-order valence-electron chi connectivity index (χ0n) is 22.2. The highest BCUT2D eigenvalue weighted by atomic mass is 35.5. The second-order valence-electron chi connectivity index (χ2n) is 11.9. The van der Waals surface area contributed by atoms with Crippen LogP contribution in [-0.4, -0.2) is 26.5 Å². The van der Waals surface area contributed by atoms with E-state index < -0.39 is 17.4 Å². The number of amides is 1. The number of nitrogens with one attached hydrogen (secondary N) is 1. The lowest BCUT2D eigenvalue weighted by Crippen LogP contribution is -2.44. The van der Waals surface area contributed by atoms with Gasteiger partial charge in [0.15, 0.2) is 5.60 Å². The standard InChI is InChI=1S/C29H29ClFN3O5/c1-5-29(38)16-8-20-25-14(11-34(20)26(36)15(16)12-39-27(29)37)23-18(32-21(35)10-28(2,3)4)7-6-13-22(23)19(33-25)9-17(31)24(13)30/h8-9,18,38H,5-7,10-12H2,1-4H3,(H,32,35)/t18-,29-/m0/s1. The van der Waals surface area contributed by atoms with Crippen LogP contribution in [0.3, 0.4) is 0 Å². The number of aryl methyl sites for hydroxylation is 1. The topological polar surface area (TPSA) is 111 Å². The first-order chi connectivity index (χ1) is 18.3. The van der Waals surface area contributed by atoms with E-state index in [1.165, 1.54) is 6.07 Å². The Kier molecular flexibility index (Phi) is 5.72. The molecule has 8 nitrogen and oxygen atoms in total. The number of rotatable bonds is 3. The van der Waals surface area contributed by atoms with Crippen LogP contribution in [0.15, 0.2) is 16.9 Å². The van der Waals surface area contributed by atoms with Gasteiger partial charge in [-0.1, -0.05) is 39.3 Å². The zero-order valence-corrected chi connectivity index (χ0v) is 23.0. The molecule has 10 heteroatoms. The predicted molar refractivity (Wildman–Crippen MR) is 143 cm³/mol. The molecule has 1 aromatic carbocycles. The van der Waals surface area contributed by atoms with Crippen molar-refractivity contribution in [1.82, 2.24) is 14.9 Å². The fraction of sp³-hybridized carbons (Fsp3) is 0.448. The predicted octanol–water partition coefficient (Wildman–Crippen LogP) is 4.41. The van der Waals surface area contributed by atoms with E-state index in [-0.39, 0.29) is 58.6 Å². The Bertz CT molecular complexity index is 1670. The van der Waals surface area contributed by atoms with Gasteiger partial charge in [0.1, 0.15) is 12.4 Å². The van der Waals surface area contributed by atoms with Crippen LogP contribution in [-0.2, 0) is 39.5 Å². The summed E-state index contributed by atoms with van der Waals surface area (Å²) in [5.41, 5.74) is 1.29. The number of halogens is 2. The van der Waals surface area contributed by atoms with Crippen LogP contribution in [0.25, 0.3) is 22.3 Å². The molecule has 0 saturated carbocycles. The second kappa shape index (κ2) is 8.60. The van der Waals surface area contributed by atoms with Crippen molar-refractivity contribution in [3.05, 3.63) is 61.1 Å². The largest absolute Gasteiger partial charge is 0.458 e. The van der Waals surface area contributed by atoms with E-state index in [9.17, 15) is 23.9 Å². The van der Waals surface area contributed by atoms with Crippen molar-refractivity contribution in [2.24, 2.45) is 5.41 Å². The van der Waals surface area contributed by atoms with Crippen molar-refractivity contribution in [3.63, 3.8) is 0 Å². The Balaban J connectivity index is 1.60. The molecule has 4 heterocycles. The summed E-state index contributed by atoms with van der Waals surface area (Å²) in [5, 5.41) is 15.1. The number of hydrogen-bond donors (Lipinski definition) is 2. The number of benzene rings is 1. The summed E-state index contributed by atoms with van der Waals surface area (Å²) in [6.07, 6.45) is 1.33. The van der Waals surface area contributed by atoms with Gasteiger partial charge >= 0.3 is 5.97 Å². The van der Waals surface area contributed by atoms with Gasteiger partial charge < -0.3 is 19.7 Å². The third-order valence-electron chi connectivity index (χ3n) is 8.07. The quantitative estimate of drug-likeness (QED) is 0.364. The number of esters is 1. The highest BCUT2D eigenvalue weighted by molar-refractivity contribution is 6.32. The zero-order chi connectivity index (χ0) is 28.0. The smallest absolute Gasteiger partial charge is 0.343 e. The first kappa shape index (κ1) is 26.0. The number of cyclic esters (lactones) is 1. The van der Waals surface area contributed by atoms with Crippen molar-refractivity contribution >= 4 is 34.4 Å². The minimum absolute atomic E-state index is 0.0277. The molecular weight excluding hydrogens is 525 g/mol. The average molecular weight is 554 g/mol. The lowest BCUT2D eigenvalue weighted by Gasteiger charge is -2.31. The second-order valence-corrected chi connectivity index (χ2v) is 12.3. The van der Waals surface area contributed by atoms with Crippen LogP contribution in [0.5, 0.6) is 0 Å². The molecule has 204 valence electrons. The van der Waals surface area contributed by atoms with Crippen LogP contribution in [0.1, 0.15) is 80.8 Å². The fourth-order valence-corrected chi connectivity index (χ4v) is 6.47. The summed E-state index contributed by atoms with van der Waals surface area (Å²) in [4.78, 5) is 44.0. The molecule has 0 fully saturated rings. The van der Waals surface area contributed by atoms with Gasteiger partial charge in [0, 0.05) is 29.0 Å². The van der Waals surface area contributed by atoms with Crippen LogP contribution < -0.4 is 10.9 Å². The molecule has 3 aromatic rings. The summed E-state index contributed by atoms with van der Waals surface area (Å²) in [6.45, 7) is 7.56. The number of carbonyl (C=O) groups excluding carboxylic acids is 2. The van der Waals surface area contributed by atoms with Crippen molar-refractivity contribution in [3.8, 4) is 11.4 Å². The fourth-order valence-electron chi connectivity index (χ4n) is 6.23. The van der Waals surface area contributed by atoms with Crippen LogP contribution in [0.4, 0.5) is 4.39 Å². The van der Waals surface area contributed by atoms with Crippen molar-refractivity contribution in [1.29, 1.82) is 0 Å². The molecule has 0 bridgehead atoms. The minimum atomic E-state index is -1.95. The van der Waals surface area contributed by atoms with Gasteiger partial charge in [0.05, 0.1) is 40.1 Å². The molecular formula is C29H29ClFN3O5.